The summed E-state index contributed by atoms with van der Waals surface area (Å²) in [5, 5.41) is 3.10. The predicted octanol–water partition coefficient (Wildman–Crippen LogP) is 3.38. The zero-order chi connectivity index (χ0) is 13.9. The lowest BCUT2D eigenvalue weighted by Gasteiger charge is -2.26. The lowest BCUT2D eigenvalue weighted by molar-refractivity contribution is 0.0771. The molecule has 0 bridgehead atoms. The van der Waals surface area contributed by atoms with E-state index in [0.29, 0.717) is 5.41 Å². The molecule has 0 aliphatic carbocycles. The Bertz CT molecular complexity index is 452. The molecule has 0 atom stereocenters. The molecule has 104 valence electrons. The fraction of sp³-hybridized carbons (Fsp3) is 0.562. The third-order valence-corrected chi connectivity index (χ3v) is 4.65. The summed E-state index contributed by atoms with van der Waals surface area (Å²) in [6, 6.07) is 7.74. The smallest absolute Gasteiger partial charge is 0.255 e. The average molecular weight is 260 g/mol. The van der Waals surface area contributed by atoms with E-state index in [0.717, 1.165) is 43.6 Å². The molecule has 1 amide bonds. The van der Waals surface area contributed by atoms with E-state index in [4.69, 9.17) is 0 Å². The van der Waals surface area contributed by atoms with Gasteiger partial charge in [-0.2, -0.15) is 0 Å². The van der Waals surface area contributed by atoms with E-state index in [2.05, 4.69) is 19.2 Å². The molecular formula is C16H24N2O. The molecule has 1 aliphatic heterocycles. The molecule has 0 radical (unpaired) electrons. The van der Waals surface area contributed by atoms with Crippen LogP contribution in [0.1, 0.15) is 43.5 Å². The second-order valence-electron chi connectivity index (χ2n) is 5.48. The fourth-order valence-corrected chi connectivity index (χ4v) is 2.99. The molecule has 1 heterocycles. The van der Waals surface area contributed by atoms with Crippen LogP contribution in [-0.4, -0.2) is 30.9 Å². The topological polar surface area (TPSA) is 32.3 Å². The van der Waals surface area contributed by atoms with Crippen molar-refractivity contribution in [1.82, 2.24) is 4.90 Å². The number of nitrogens with one attached hydrogen (secondary N) is 1. The van der Waals surface area contributed by atoms with E-state index in [-0.39, 0.29) is 5.91 Å². The van der Waals surface area contributed by atoms with E-state index >= 15 is 0 Å². The van der Waals surface area contributed by atoms with Crippen LogP contribution < -0.4 is 5.32 Å². The van der Waals surface area contributed by atoms with Crippen LogP contribution in [0.3, 0.4) is 0 Å². The number of amides is 1. The molecule has 3 nitrogen and oxygen atoms in total. The summed E-state index contributed by atoms with van der Waals surface area (Å²) in [5.41, 5.74) is 2.04. The molecule has 1 aromatic rings. The summed E-state index contributed by atoms with van der Waals surface area (Å²) < 4.78 is 0. The number of nitrogens with zero attached hydrogens (tertiary/aromatic N) is 1. The highest BCUT2D eigenvalue weighted by molar-refractivity contribution is 5.99. The van der Waals surface area contributed by atoms with Gasteiger partial charge in [0.2, 0.25) is 0 Å². The van der Waals surface area contributed by atoms with Crippen molar-refractivity contribution >= 4 is 11.6 Å². The Hall–Kier alpha value is -1.51. The molecule has 0 aromatic heterocycles. The van der Waals surface area contributed by atoms with Gasteiger partial charge in [0.25, 0.3) is 5.91 Å². The summed E-state index contributed by atoms with van der Waals surface area (Å²) >= 11 is 0. The molecule has 1 saturated heterocycles. The first-order chi connectivity index (χ1) is 9.15. The minimum absolute atomic E-state index is 0.161. The number of likely N-dealkylation sites (tertiary alicyclic amines) is 1. The van der Waals surface area contributed by atoms with E-state index in [1.807, 2.05) is 36.2 Å². The van der Waals surface area contributed by atoms with Crippen LogP contribution in [0, 0.1) is 5.41 Å². The van der Waals surface area contributed by atoms with Gasteiger partial charge < -0.3 is 10.2 Å². The van der Waals surface area contributed by atoms with Crippen LogP contribution in [0.4, 0.5) is 5.69 Å². The summed E-state index contributed by atoms with van der Waals surface area (Å²) in [4.78, 5) is 14.6. The maximum Gasteiger partial charge on any atom is 0.255 e. The Morgan fingerprint density at radius 2 is 2.00 bits per heavy atom. The lowest BCUT2D eigenvalue weighted by Crippen LogP contribution is -2.32. The quantitative estimate of drug-likeness (QED) is 0.900. The van der Waals surface area contributed by atoms with Gasteiger partial charge in [0, 0.05) is 25.8 Å². The van der Waals surface area contributed by atoms with Crippen molar-refractivity contribution in [3.63, 3.8) is 0 Å². The minimum atomic E-state index is 0.161. The Balaban J connectivity index is 2.18. The van der Waals surface area contributed by atoms with Crippen molar-refractivity contribution < 1.29 is 4.79 Å². The minimum Gasteiger partial charge on any atom is -0.387 e. The van der Waals surface area contributed by atoms with Gasteiger partial charge in [0.1, 0.15) is 0 Å². The van der Waals surface area contributed by atoms with Gasteiger partial charge >= 0.3 is 0 Å². The molecule has 2 rings (SSSR count). The van der Waals surface area contributed by atoms with Crippen LogP contribution >= 0.6 is 0 Å². The molecule has 1 aromatic carbocycles. The monoisotopic (exact) mass is 260 g/mol. The van der Waals surface area contributed by atoms with Crippen LogP contribution in [0.5, 0.6) is 0 Å². The van der Waals surface area contributed by atoms with Gasteiger partial charge in [-0.1, -0.05) is 26.0 Å². The number of hydrogen-bond acceptors (Lipinski definition) is 2. The van der Waals surface area contributed by atoms with Crippen molar-refractivity contribution in [1.29, 1.82) is 0 Å². The van der Waals surface area contributed by atoms with Gasteiger partial charge in [-0.25, -0.2) is 0 Å². The van der Waals surface area contributed by atoms with Gasteiger partial charge in [-0.15, -0.1) is 0 Å². The number of hydrogen-bond donors (Lipinski definition) is 1. The van der Waals surface area contributed by atoms with Crippen molar-refractivity contribution in [3.8, 4) is 0 Å². The van der Waals surface area contributed by atoms with E-state index in [9.17, 15) is 4.79 Å². The van der Waals surface area contributed by atoms with Gasteiger partial charge in [-0.05, 0) is 36.8 Å². The number of rotatable bonds is 4. The Morgan fingerprint density at radius 3 is 2.58 bits per heavy atom. The fourth-order valence-electron chi connectivity index (χ4n) is 2.99. The number of carbonyl (C=O) groups is 1. The number of carbonyl (C=O) groups excluding carboxylic acids is 1. The molecule has 3 heteroatoms. The molecule has 0 unspecified atom stereocenters. The van der Waals surface area contributed by atoms with Gasteiger partial charge in [0.15, 0.2) is 0 Å². The third-order valence-electron chi connectivity index (χ3n) is 4.65. The standard InChI is InChI=1S/C16H24N2O/c1-4-16(5-2)10-11-18(12-16)15(19)13-8-6-7-9-14(13)17-3/h6-9,17H,4-5,10-12H2,1-3H3. The van der Waals surface area contributed by atoms with Crippen molar-refractivity contribution in [3.05, 3.63) is 29.8 Å². The Morgan fingerprint density at radius 1 is 1.32 bits per heavy atom. The molecule has 1 N–H and O–H groups in total. The lowest BCUT2D eigenvalue weighted by atomic mass is 9.82. The number of benzene rings is 1. The highest BCUT2D eigenvalue weighted by Gasteiger charge is 2.37. The van der Waals surface area contributed by atoms with Crippen LogP contribution in [0.25, 0.3) is 0 Å². The Labute approximate surface area is 116 Å². The van der Waals surface area contributed by atoms with Crippen LogP contribution in [0.15, 0.2) is 24.3 Å². The first-order valence-electron chi connectivity index (χ1n) is 7.22. The van der Waals surface area contributed by atoms with Crippen molar-refractivity contribution in [2.75, 3.05) is 25.5 Å². The molecule has 1 fully saturated rings. The third kappa shape index (κ3) is 2.60. The van der Waals surface area contributed by atoms with Crippen molar-refractivity contribution in [2.45, 2.75) is 33.1 Å². The molecule has 19 heavy (non-hydrogen) atoms. The largest absolute Gasteiger partial charge is 0.387 e. The second-order valence-corrected chi connectivity index (χ2v) is 5.48. The molecular weight excluding hydrogens is 236 g/mol. The second kappa shape index (κ2) is 5.64. The van der Waals surface area contributed by atoms with E-state index < -0.39 is 0 Å². The zero-order valence-electron chi connectivity index (χ0n) is 12.2. The summed E-state index contributed by atoms with van der Waals surface area (Å²) in [6.45, 7) is 6.26. The normalized spacial score (nSPS) is 17.5. The molecule has 1 aliphatic rings. The highest BCUT2D eigenvalue weighted by Crippen LogP contribution is 2.37. The maximum absolute atomic E-state index is 12.6. The first-order valence-corrected chi connectivity index (χ1v) is 7.22. The van der Waals surface area contributed by atoms with Gasteiger partial charge in [0.05, 0.1) is 5.56 Å². The van der Waals surface area contributed by atoms with Gasteiger partial charge in [-0.3, -0.25) is 4.79 Å². The molecule has 0 saturated carbocycles. The van der Waals surface area contributed by atoms with Crippen LogP contribution in [0.2, 0.25) is 0 Å². The predicted molar refractivity (Wildman–Crippen MR) is 79.5 cm³/mol. The van der Waals surface area contributed by atoms with Crippen molar-refractivity contribution in [2.24, 2.45) is 5.41 Å². The van der Waals surface area contributed by atoms with E-state index in [1.54, 1.807) is 0 Å². The number of para-hydroxylation sites is 1. The summed E-state index contributed by atoms with van der Waals surface area (Å²) in [5.74, 6) is 0.161. The Kier molecular flexibility index (Phi) is 4.13. The first kappa shape index (κ1) is 13.9. The van der Waals surface area contributed by atoms with E-state index in [1.165, 1.54) is 0 Å². The maximum atomic E-state index is 12.6. The SMILES string of the molecule is CCC1(CC)CCN(C(=O)c2ccccc2NC)C1. The average Bonchev–Trinajstić information content (AvgIpc) is 2.91. The zero-order valence-corrected chi connectivity index (χ0v) is 12.2. The summed E-state index contributed by atoms with van der Waals surface area (Å²) in [6.07, 6.45) is 3.44. The molecule has 0 spiro atoms. The number of anilines is 1. The highest BCUT2D eigenvalue weighted by atomic mass is 16.2. The van der Waals surface area contributed by atoms with Crippen LogP contribution in [-0.2, 0) is 0 Å². The summed E-state index contributed by atoms with van der Waals surface area (Å²) in [7, 11) is 1.86.